The van der Waals surface area contributed by atoms with Gasteiger partial charge in [-0.15, -0.1) is 0 Å². The molecular weight excluding hydrogens is 250 g/mol. The van der Waals surface area contributed by atoms with Crippen LogP contribution in [0.4, 0.5) is 20.2 Å². The smallest absolute Gasteiger partial charge is 0.150 e. The Balaban J connectivity index is 2.36. The second kappa shape index (κ2) is 5.36. The third kappa shape index (κ3) is 2.80. The summed E-state index contributed by atoms with van der Waals surface area (Å²) in [5.41, 5.74) is 0.125. The minimum atomic E-state index is -0.820. The van der Waals surface area contributed by atoms with Crippen LogP contribution < -0.4 is 10.1 Å². The van der Waals surface area contributed by atoms with Crippen LogP contribution in [0.1, 0.15) is 5.56 Å². The lowest BCUT2D eigenvalue weighted by Gasteiger charge is -2.10. The van der Waals surface area contributed by atoms with E-state index in [9.17, 15) is 8.78 Å². The predicted octanol–water partition coefficient (Wildman–Crippen LogP) is 3.59. The number of nitrogens with zero attached hydrogens (tertiary/aromatic N) is 1. The monoisotopic (exact) mass is 260 g/mol. The summed E-state index contributed by atoms with van der Waals surface area (Å²) in [5, 5.41) is 11.2. The van der Waals surface area contributed by atoms with Crippen LogP contribution in [-0.2, 0) is 0 Å². The molecule has 0 aliphatic rings. The lowest BCUT2D eigenvalue weighted by atomic mass is 10.2. The van der Waals surface area contributed by atoms with Gasteiger partial charge >= 0.3 is 0 Å². The Morgan fingerprint density at radius 1 is 1.16 bits per heavy atom. The number of methoxy groups -OCH3 is 1. The van der Waals surface area contributed by atoms with Crippen molar-refractivity contribution in [2.45, 2.75) is 0 Å². The first-order chi connectivity index (χ1) is 9.13. The van der Waals surface area contributed by atoms with Crippen LogP contribution in [-0.4, -0.2) is 7.11 Å². The Morgan fingerprint density at radius 3 is 2.42 bits per heavy atom. The second-order valence-electron chi connectivity index (χ2n) is 3.78. The van der Waals surface area contributed by atoms with Gasteiger partial charge in [-0.3, -0.25) is 0 Å². The van der Waals surface area contributed by atoms with E-state index in [1.165, 1.54) is 7.11 Å². The van der Waals surface area contributed by atoms with E-state index >= 15 is 0 Å². The molecule has 5 heteroatoms. The number of nitriles is 1. The highest BCUT2D eigenvalue weighted by atomic mass is 19.1. The molecule has 0 fully saturated rings. The SMILES string of the molecule is COc1cccc(Nc2c(F)cc(C#N)cc2F)c1. The fraction of sp³-hybridized carbons (Fsp3) is 0.0714. The van der Waals surface area contributed by atoms with Crippen LogP contribution in [0.15, 0.2) is 36.4 Å². The van der Waals surface area contributed by atoms with Crippen molar-refractivity contribution in [1.82, 2.24) is 0 Å². The highest BCUT2D eigenvalue weighted by Gasteiger charge is 2.11. The number of halogens is 2. The fourth-order valence-corrected chi connectivity index (χ4v) is 1.60. The van der Waals surface area contributed by atoms with E-state index < -0.39 is 11.6 Å². The lowest BCUT2D eigenvalue weighted by Crippen LogP contribution is -1.99. The summed E-state index contributed by atoms with van der Waals surface area (Å²) in [6.45, 7) is 0. The third-order valence-electron chi connectivity index (χ3n) is 2.51. The maximum atomic E-state index is 13.7. The second-order valence-corrected chi connectivity index (χ2v) is 3.78. The van der Waals surface area contributed by atoms with Gasteiger partial charge in [0.15, 0.2) is 11.6 Å². The zero-order chi connectivity index (χ0) is 13.8. The molecule has 0 heterocycles. The molecular formula is C14H10F2N2O. The topological polar surface area (TPSA) is 45.0 Å². The first-order valence-electron chi connectivity index (χ1n) is 5.44. The summed E-state index contributed by atoms with van der Waals surface area (Å²) in [6.07, 6.45) is 0. The molecule has 3 nitrogen and oxygen atoms in total. The van der Waals surface area contributed by atoms with Gasteiger partial charge in [0.05, 0.1) is 18.7 Å². The average molecular weight is 260 g/mol. The zero-order valence-corrected chi connectivity index (χ0v) is 10.1. The molecule has 0 aromatic heterocycles. The van der Waals surface area contributed by atoms with Gasteiger partial charge < -0.3 is 10.1 Å². The van der Waals surface area contributed by atoms with Gasteiger partial charge in [0.1, 0.15) is 11.4 Å². The summed E-state index contributed by atoms with van der Waals surface area (Å²) >= 11 is 0. The Labute approximate surface area is 109 Å². The number of hydrogen-bond donors (Lipinski definition) is 1. The third-order valence-corrected chi connectivity index (χ3v) is 2.51. The maximum Gasteiger partial charge on any atom is 0.150 e. The van der Waals surface area contributed by atoms with Crippen molar-refractivity contribution in [3.63, 3.8) is 0 Å². The molecule has 0 spiro atoms. The molecule has 2 aromatic rings. The Bertz CT molecular complexity index is 627. The quantitative estimate of drug-likeness (QED) is 0.917. The molecule has 0 aliphatic carbocycles. The van der Waals surface area contributed by atoms with E-state index in [0.29, 0.717) is 11.4 Å². The maximum absolute atomic E-state index is 13.7. The normalized spacial score (nSPS) is 9.79. The van der Waals surface area contributed by atoms with Gasteiger partial charge in [-0.1, -0.05) is 6.07 Å². The lowest BCUT2D eigenvalue weighted by molar-refractivity contribution is 0.415. The highest BCUT2D eigenvalue weighted by molar-refractivity contribution is 5.63. The van der Waals surface area contributed by atoms with Gasteiger partial charge in [0, 0.05) is 11.8 Å². The van der Waals surface area contributed by atoms with Crippen molar-refractivity contribution < 1.29 is 13.5 Å². The zero-order valence-electron chi connectivity index (χ0n) is 10.1. The van der Waals surface area contributed by atoms with E-state index in [4.69, 9.17) is 10.00 Å². The standard InChI is InChI=1S/C14H10F2N2O/c1-19-11-4-2-3-10(7-11)18-14-12(15)5-9(8-17)6-13(14)16/h2-7,18H,1H3. The number of nitrogens with one attached hydrogen (secondary N) is 1. The molecule has 19 heavy (non-hydrogen) atoms. The molecule has 0 atom stereocenters. The van der Waals surface area contributed by atoms with E-state index in [0.717, 1.165) is 12.1 Å². The summed E-state index contributed by atoms with van der Waals surface area (Å²) in [7, 11) is 1.50. The van der Waals surface area contributed by atoms with Crippen LogP contribution >= 0.6 is 0 Å². The summed E-state index contributed by atoms with van der Waals surface area (Å²) < 4.78 is 32.4. The molecule has 0 bridgehead atoms. The van der Waals surface area contributed by atoms with Gasteiger partial charge in [-0.2, -0.15) is 5.26 Å². The largest absolute Gasteiger partial charge is 0.497 e. The predicted molar refractivity (Wildman–Crippen MR) is 67.3 cm³/mol. The van der Waals surface area contributed by atoms with Crippen molar-refractivity contribution in [2.75, 3.05) is 12.4 Å². The van der Waals surface area contributed by atoms with Gasteiger partial charge in [0.2, 0.25) is 0 Å². The first kappa shape index (κ1) is 12.8. The highest BCUT2D eigenvalue weighted by Crippen LogP contribution is 2.26. The molecule has 0 unspecified atom stereocenters. The van der Waals surface area contributed by atoms with Crippen LogP contribution in [0, 0.1) is 23.0 Å². The van der Waals surface area contributed by atoms with Crippen molar-refractivity contribution in [1.29, 1.82) is 5.26 Å². The van der Waals surface area contributed by atoms with Crippen molar-refractivity contribution in [3.05, 3.63) is 53.6 Å². The van der Waals surface area contributed by atoms with Crippen LogP contribution in [0.5, 0.6) is 5.75 Å². The van der Waals surface area contributed by atoms with Crippen molar-refractivity contribution in [2.24, 2.45) is 0 Å². The van der Waals surface area contributed by atoms with Gasteiger partial charge in [-0.05, 0) is 24.3 Å². The van der Waals surface area contributed by atoms with Crippen LogP contribution in [0.25, 0.3) is 0 Å². The molecule has 0 radical (unpaired) electrons. The molecule has 0 saturated heterocycles. The number of hydrogen-bond acceptors (Lipinski definition) is 3. The van der Waals surface area contributed by atoms with Crippen molar-refractivity contribution in [3.8, 4) is 11.8 Å². The number of ether oxygens (including phenoxy) is 1. The number of anilines is 2. The molecule has 1 N–H and O–H groups in total. The average Bonchev–Trinajstić information content (AvgIpc) is 2.42. The minimum Gasteiger partial charge on any atom is -0.497 e. The minimum absolute atomic E-state index is 0.0637. The molecule has 2 aromatic carbocycles. The van der Waals surface area contributed by atoms with Gasteiger partial charge in [0.25, 0.3) is 0 Å². The fourth-order valence-electron chi connectivity index (χ4n) is 1.60. The van der Waals surface area contributed by atoms with Crippen LogP contribution in [0.2, 0.25) is 0 Å². The van der Waals surface area contributed by atoms with Crippen molar-refractivity contribution >= 4 is 11.4 Å². The molecule has 0 saturated carbocycles. The van der Waals surface area contributed by atoms with E-state index in [1.54, 1.807) is 30.3 Å². The Kier molecular flexibility index (Phi) is 3.62. The summed E-state index contributed by atoms with van der Waals surface area (Å²) in [4.78, 5) is 0. The van der Waals surface area contributed by atoms with E-state index in [2.05, 4.69) is 5.32 Å². The summed E-state index contributed by atoms with van der Waals surface area (Å²) in [6, 6.07) is 10.3. The molecule has 96 valence electrons. The summed E-state index contributed by atoms with van der Waals surface area (Å²) in [5.74, 6) is -1.07. The molecule has 0 amide bonds. The van der Waals surface area contributed by atoms with Crippen LogP contribution in [0.3, 0.4) is 0 Å². The van der Waals surface area contributed by atoms with E-state index in [-0.39, 0.29) is 11.3 Å². The van der Waals surface area contributed by atoms with Gasteiger partial charge in [-0.25, -0.2) is 8.78 Å². The first-order valence-corrected chi connectivity index (χ1v) is 5.44. The Morgan fingerprint density at radius 2 is 1.84 bits per heavy atom. The van der Waals surface area contributed by atoms with E-state index in [1.807, 2.05) is 0 Å². The number of benzene rings is 2. The number of rotatable bonds is 3. The Hall–Kier alpha value is -2.61. The molecule has 2 rings (SSSR count). The molecule has 0 aliphatic heterocycles.